The molecule has 0 saturated carbocycles. The molecule has 148 valence electrons. The number of aryl methyl sites for hydroxylation is 1. The first-order chi connectivity index (χ1) is 14.1. The molecule has 0 spiro atoms. The van der Waals surface area contributed by atoms with E-state index in [-0.39, 0.29) is 11.4 Å². The molecule has 6 nitrogen and oxygen atoms in total. The summed E-state index contributed by atoms with van der Waals surface area (Å²) in [7, 11) is 1.42. The zero-order valence-corrected chi connectivity index (χ0v) is 16.2. The second-order valence-electron chi connectivity index (χ2n) is 6.73. The molecule has 2 aromatic heterocycles. The first kappa shape index (κ1) is 18.7. The van der Waals surface area contributed by atoms with Gasteiger partial charge < -0.3 is 4.74 Å². The number of rotatable bonds is 6. The molecule has 2 heterocycles. The summed E-state index contributed by atoms with van der Waals surface area (Å²) < 4.78 is 21.8. The van der Waals surface area contributed by atoms with Crippen molar-refractivity contribution in [3.8, 4) is 22.6 Å². The Hall–Kier alpha value is -3.61. The third-order valence-electron chi connectivity index (χ3n) is 4.97. The minimum atomic E-state index is -0.425. The molecule has 0 radical (unpaired) electrons. The summed E-state index contributed by atoms with van der Waals surface area (Å²) in [5.41, 5.74) is 4.67. The number of ether oxygens (including phenoxy) is 1. The van der Waals surface area contributed by atoms with E-state index in [9.17, 15) is 9.18 Å². The van der Waals surface area contributed by atoms with Gasteiger partial charge in [0, 0.05) is 24.2 Å². The van der Waals surface area contributed by atoms with Gasteiger partial charge in [0.1, 0.15) is 0 Å². The maximum absolute atomic E-state index is 13.6. The Morgan fingerprint density at radius 2 is 2.03 bits per heavy atom. The number of aromatic amines is 1. The van der Waals surface area contributed by atoms with E-state index in [0.717, 1.165) is 34.4 Å². The van der Waals surface area contributed by atoms with Crippen LogP contribution in [0.2, 0.25) is 0 Å². The van der Waals surface area contributed by atoms with E-state index in [0.29, 0.717) is 6.54 Å². The van der Waals surface area contributed by atoms with Crippen LogP contribution in [-0.4, -0.2) is 26.4 Å². The van der Waals surface area contributed by atoms with Crippen LogP contribution >= 0.6 is 0 Å². The van der Waals surface area contributed by atoms with Gasteiger partial charge >= 0.3 is 5.69 Å². The molecule has 0 atom stereocenters. The summed E-state index contributed by atoms with van der Waals surface area (Å²) in [4.78, 5) is 12.9. The van der Waals surface area contributed by atoms with Crippen molar-refractivity contribution in [3.05, 3.63) is 88.6 Å². The van der Waals surface area contributed by atoms with Gasteiger partial charge in [-0.15, -0.1) is 0 Å². The number of H-pyrrole nitrogens is 1. The molecule has 0 saturated heterocycles. The number of nitrogens with zero attached hydrogens (tertiary/aromatic N) is 3. The van der Waals surface area contributed by atoms with E-state index in [1.165, 1.54) is 13.2 Å². The number of benzene rings is 2. The van der Waals surface area contributed by atoms with E-state index < -0.39 is 5.82 Å². The number of methoxy groups -OCH3 is 1. The highest BCUT2D eigenvalue weighted by Gasteiger charge is 2.11. The van der Waals surface area contributed by atoms with Crippen LogP contribution < -0.4 is 10.4 Å². The lowest BCUT2D eigenvalue weighted by Crippen LogP contribution is -2.23. The van der Waals surface area contributed by atoms with Crippen LogP contribution in [0.3, 0.4) is 0 Å². The number of nitrogens with one attached hydrogen (secondary N) is 1. The average Bonchev–Trinajstić information content (AvgIpc) is 3.39. The summed E-state index contributed by atoms with van der Waals surface area (Å²) >= 11 is 0. The number of hydrogen-bond acceptors (Lipinski definition) is 3. The minimum Gasteiger partial charge on any atom is -0.494 e. The van der Waals surface area contributed by atoms with Crippen LogP contribution in [0.5, 0.6) is 5.75 Å². The molecule has 4 aromatic rings. The molecular weight excluding hydrogens is 371 g/mol. The largest absolute Gasteiger partial charge is 0.494 e. The van der Waals surface area contributed by atoms with Crippen molar-refractivity contribution in [1.82, 2.24) is 19.3 Å². The Morgan fingerprint density at radius 1 is 1.17 bits per heavy atom. The van der Waals surface area contributed by atoms with Crippen molar-refractivity contribution in [2.24, 2.45) is 0 Å². The predicted octanol–water partition coefficient (Wildman–Crippen LogP) is 3.79. The molecule has 0 bridgehead atoms. The van der Waals surface area contributed by atoms with Crippen molar-refractivity contribution in [1.29, 1.82) is 0 Å². The van der Waals surface area contributed by atoms with Gasteiger partial charge in [0.2, 0.25) is 0 Å². The number of aromatic nitrogens is 4. The van der Waals surface area contributed by atoms with Crippen LogP contribution in [0, 0.1) is 5.82 Å². The first-order valence-corrected chi connectivity index (χ1v) is 9.33. The summed E-state index contributed by atoms with van der Waals surface area (Å²) in [6.07, 6.45) is 7.95. The van der Waals surface area contributed by atoms with Crippen molar-refractivity contribution in [2.45, 2.75) is 19.9 Å². The van der Waals surface area contributed by atoms with Gasteiger partial charge in [0.25, 0.3) is 0 Å². The van der Waals surface area contributed by atoms with Gasteiger partial charge in [-0.25, -0.2) is 9.18 Å². The first-order valence-electron chi connectivity index (χ1n) is 9.33. The normalized spacial score (nSPS) is 11.0. The SMILES string of the molecule is CCc1cc(-n2ccn(Cc3ccc(F)c(OC)c3)c2=O)ccc1-c1cn[nH]c1. The number of halogens is 1. The molecule has 29 heavy (non-hydrogen) atoms. The fourth-order valence-electron chi connectivity index (χ4n) is 3.43. The fraction of sp³-hybridized carbons (Fsp3) is 0.182. The average molecular weight is 392 g/mol. The van der Waals surface area contributed by atoms with Gasteiger partial charge in [-0.3, -0.25) is 14.2 Å². The summed E-state index contributed by atoms with van der Waals surface area (Å²) in [6.45, 7) is 2.41. The molecule has 4 rings (SSSR count). The van der Waals surface area contributed by atoms with Gasteiger partial charge in [-0.2, -0.15) is 5.10 Å². The summed E-state index contributed by atoms with van der Waals surface area (Å²) in [5.74, 6) is -0.261. The lowest BCUT2D eigenvalue weighted by atomic mass is 10.00. The maximum atomic E-state index is 13.6. The maximum Gasteiger partial charge on any atom is 0.333 e. The van der Waals surface area contributed by atoms with E-state index in [1.807, 2.05) is 24.4 Å². The van der Waals surface area contributed by atoms with Gasteiger partial charge in [-0.05, 0) is 47.4 Å². The predicted molar refractivity (Wildman–Crippen MR) is 109 cm³/mol. The van der Waals surface area contributed by atoms with Crippen LogP contribution in [0.15, 0.2) is 66.0 Å². The van der Waals surface area contributed by atoms with Crippen LogP contribution in [-0.2, 0) is 13.0 Å². The third-order valence-corrected chi connectivity index (χ3v) is 4.97. The second-order valence-corrected chi connectivity index (χ2v) is 6.73. The highest BCUT2D eigenvalue weighted by Crippen LogP contribution is 2.25. The summed E-state index contributed by atoms with van der Waals surface area (Å²) in [5, 5.41) is 6.85. The highest BCUT2D eigenvalue weighted by molar-refractivity contribution is 5.67. The molecule has 1 N–H and O–H groups in total. The topological polar surface area (TPSA) is 64.8 Å². The van der Waals surface area contributed by atoms with Crippen molar-refractivity contribution in [3.63, 3.8) is 0 Å². The zero-order valence-electron chi connectivity index (χ0n) is 16.2. The Balaban J connectivity index is 1.66. The molecule has 0 aliphatic carbocycles. The van der Waals surface area contributed by atoms with E-state index in [1.54, 1.807) is 39.9 Å². The monoisotopic (exact) mass is 392 g/mol. The van der Waals surface area contributed by atoms with Gasteiger partial charge in [0.05, 0.1) is 25.5 Å². The van der Waals surface area contributed by atoms with Crippen LogP contribution in [0.1, 0.15) is 18.1 Å². The lowest BCUT2D eigenvalue weighted by molar-refractivity contribution is 0.385. The fourth-order valence-corrected chi connectivity index (χ4v) is 3.43. The Labute approximate surface area is 167 Å². The standard InChI is InChI=1S/C22H21FN4O2/c1-3-16-11-18(5-6-19(16)17-12-24-25-13-17)27-9-8-26(22(27)28)14-15-4-7-20(23)21(10-15)29-2/h4-13H,3,14H2,1-2H3,(H,24,25). The zero-order chi connectivity index (χ0) is 20.4. The molecule has 0 unspecified atom stereocenters. The third kappa shape index (κ3) is 3.59. The molecule has 0 fully saturated rings. The van der Waals surface area contributed by atoms with Crippen molar-refractivity contribution < 1.29 is 9.13 Å². The van der Waals surface area contributed by atoms with Crippen molar-refractivity contribution >= 4 is 0 Å². The quantitative estimate of drug-likeness (QED) is 0.543. The van der Waals surface area contributed by atoms with E-state index in [4.69, 9.17) is 4.74 Å². The lowest BCUT2D eigenvalue weighted by Gasteiger charge is -2.10. The molecular formula is C22H21FN4O2. The minimum absolute atomic E-state index is 0.161. The number of hydrogen-bond donors (Lipinski definition) is 1. The smallest absolute Gasteiger partial charge is 0.333 e. The highest BCUT2D eigenvalue weighted by atomic mass is 19.1. The second kappa shape index (κ2) is 7.79. The van der Waals surface area contributed by atoms with E-state index >= 15 is 0 Å². The summed E-state index contributed by atoms with van der Waals surface area (Å²) in [6, 6.07) is 10.6. The van der Waals surface area contributed by atoms with Crippen LogP contribution in [0.4, 0.5) is 4.39 Å². The molecule has 0 aliphatic heterocycles. The molecule has 0 aliphatic rings. The molecule has 2 aromatic carbocycles. The molecule has 0 amide bonds. The Morgan fingerprint density at radius 3 is 2.76 bits per heavy atom. The molecule has 7 heteroatoms. The van der Waals surface area contributed by atoms with Gasteiger partial charge in [0.15, 0.2) is 11.6 Å². The van der Waals surface area contributed by atoms with Crippen molar-refractivity contribution in [2.75, 3.05) is 7.11 Å². The Kier molecular flexibility index (Phi) is 5.03. The van der Waals surface area contributed by atoms with E-state index in [2.05, 4.69) is 17.1 Å². The Bertz CT molecular complexity index is 1190. The van der Waals surface area contributed by atoms with Gasteiger partial charge in [-0.1, -0.05) is 19.1 Å². The van der Waals surface area contributed by atoms with Crippen LogP contribution in [0.25, 0.3) is 16.8 Å². The number of imidazole rings is 1.